The average molecular weight is 395 g/mol. The first-order chi connectivity index (χ1) is 10.1. The summed E-state index contributed by atoms with van der Waals surface area (Å²) in [7, 11) is 1.34. The Bertz CT molecular complexity index is 636. The van der Waals surface area contributed by atoms with Crippen LogP contribution in [0.5, 0.6) is 0 Å². The number of hydrogen-bond donors (Lipinski definition) is 1. The van der Waals surface area contributed by atoms with E-state index in [1.807, 2.05) is 12.1 Å². The van der Waals surface area contributed by atoms with E-state index in [2.05, 4.69) is 32.6 Å². The fourth-order valence-corrected chi connectivity index (χ4v) is 2.12. The predicted molar refractivity (Wildman–Crippen MR) is 88.1 cm³/mol. The van der Waals surface area contributed by atoms with Crippen LogP contribution in [0.25, 0.3) is 0 Å². The van der Waals surface area contributed by atoms with E-state index in [0.29, 0.717) is 17.7 Å². The number of halogens is 1. The summed E-state index contributed by atoms with van der Waals surface area (Å²) >= 11 is 2.19. The lowest BCUT2D eigenvalue weighted by atomic mass is 10.1. The van der Waals surface area contributed by atoms with Crippen molar-refractivity contribution in [2.24, 2.45) is 0 Å². The van der Waals surface area contributed by atoms with Gasteiger partial charge in [0, 0.05) is 15.7 Å². The van der Waals surface area contributed by atoms with Gasteiger partial charge in [-0.25, -0.2) is 4.79 Å². The van der Waals surface area contributed by atoms with Crippen LogP contribution in [0.2, 0.25) is 0 Å². The zero-order chi connectivity index (χ0) is 15.2. The molecule has 1 N–H and O–H groups in total. The summed E-state index contributed by atoms with van der Waals surface area (Å²) in [6, 6.07) is 14.3. The summed E-state index contributed by atoms with van der Waals surface area (Å²) in [5.74, 6) is -0.493. The van der Waals surface area contributed by atoms with Gasteiger partial charge in [-0.15, -0.1) is 0 Å². The summed E-state index contributed by atoms with van der Waals surface area (Å²) in [5, 5.41) is 2.84. The maximum absolute atomic E-state index is 12.0. The fraction of sp³-hybridized carbons (Fsp3) is 0.125. The van der Waals surface area contributed by atoms with Gasteiger partial charge in [-0.1, -0.05) is 12.1 Å². The summed E-state index contributed by atoms with van der Waals surface area (Å²) in [4.78, 5) is 23.3. The zero-order valence-corrected chi connectivity index (χ0v) is 13.6. The topological polar surface area (TPSA) is 55.4 Å². The van der Waals surface area contributed by atoms with Gasteiger partial charge in [0.05, 0.1) is 12.7 Å². The molecule has 0 saturated heterocycles. The van der Waals surface area contributed by atoms with Crippen molar-refractivity contribution in [3.05, 3.63) is 68.8 Å². The van der Waals surface area contributed by atoms with Gasteiger partial charge in [-0.3, -0.25) is 4.79 Å². The molecule has 0 bridgehead atoms. The van der Waals surface area contributed by atoms with Crippen molar-refractivity contribution in [2.75, 3.05) is 7.11 Å². The Balaban J connectivity index is 1.95. The van der Waals surface area contributed by atoms with Crippen LogP contribution >= 0.6 is 22.6 Å². The predicted octanol–water partition coefficient (Wildman–Crippen LogP) is 3.01. The van der Waals surface area contributed by atoms with E-state index in [1.54, 1.807) is 36.4 Å². The highest BCUT2D eigenvalue weighted by Gasteiger charge is 2.06. The van der Waals surface area contributed by atoms with Gasteiger partial charge in [-0.2, -0.15) is 0 Å². The van der Waals surface area contributed by atoms with Crippen LogP contribution in [-0.4, -0.2) is 19.0 Å². The molecule has 0 saturated carbocycles. The molecular formula is C16H14INO3. The minimum Gasteiger partial charge on any atom is -0.465 e. The molecule has 0 atom stereocenters. The number of carbonyl (C=O) groups is 2. The molecule has 0 fully saturated rings. The monoisotopic (exact) mass is 395 g/mol. The standard InChI is InChI=1S/C16H14INO3/c1-21-16(20)13-4-2-11(3-5-13)10-18-15(19)12-6-8-14(17)9-7-12/h2-9H,10H2,1H3,(H,18,19). The molecule has 1 amide bonds. The number of hydrogen-bond acceptors (Lipinski definition) is 3. The molecular weight excluding hydrogens is 381 g/mol. The lowest BCUT2D eigenvalue weighted by molar-refractivity contribution is 0.0600. The molecule has 0 heterocycles. The molecule has 0 unspecified atom stereocenters. The number of amides is 1. The van der Waals surface area contributed by atoms with Crippen LogP contribution in [-0.2, 0) is 11.3 Å². The van der Waals surface area contributed by atoms with Crippen LogP contribution in [0.15, 0.2) is 48.5 Å². The van der Waals surface area contributed by atoms with Crippen molar-refractivity contribution in [3.63, 3.8) is 0 Å². The van der Waals surface area contributed by atoms with Gasteiger partial charge in [0.15, 0.2) is 0 Å². The second-order valence-electron chi connectivity index (χ2n) is 4.38. The second kappa shape index (κ2) is 7.21. The van der Waals surface area contributed by atoms with Crippen molar-refractivity contribution in [2.45, 2.75) is 6.54 Å². The number of methoxy groups -OCH3 is 1. The van der Waals surface area contributed by atoms with Crippen molar-refractivity contribution < 1.29 is 14.3 Å². The number of nitrogens with one attached hydrogen (secondary N) is 1. The quantitative estimate of drug-likeness (QED) is 0.640. The summed E-state index contributed by atoms with van der Waals surface area (Å²) in [6.07, 6.45) is 0. The van der Waals surface area contributed by atoms with Gasteiger partial charge in [0.2, 0.25) is 0 Å². The second-order valence-corrected chi connectivity index (χ2v) is 5.62. The van der Waals surface area contributed by atoms with E-state index in [0.717, 1.165) is 9.13 Å². The molecule has 2 aromatic carbocycles. The number of benzene rings is 2. The Hall–Kier alpha value is -1.89. The average Bonchev–Trinajstić information content (AvgIpc) is 2.53. The largest absolute Gasteiger partial charge is 0.465 e. The molecule has 0 aliphatic heterocycles. The minimum atomic E-state index is -0.371. The van der Waals surface area contributed by atoms with E-state index in [9.17, 15) is 9.59 Å². The SMILES string of the molecule is COC(=O)c1ccc(CNC(=O)c2ccc(I)cc2)cc1. The third-order valence-corrected chi connectivity index (χ3v) is 3.65. The lowest BCUT2D eigenvalue weighted by Crippen LogP contribution is -2.22. The maximum atomic E-state index is 12.0. The molecule has 4 nitrogen and oxygen atoms in total. The van der Waals surface area contributed by atoms with Crippen molar-refractivity contribution >= 4 is 34.5 Å². The molecule has 2 rings (SSSR count). The molecule has 0 spiro atoms. The van der Waals surface area contributed by atoms with E-state index >= 15 is 0 Å². The van der Waals surface area contributed by atoms with Crippen LogP contribution in [0.4, 0.5) is 0 Å². The van der Waals surface area contributed by atoms with Gasteiger partial charge < -0.3 is 10.1 Å². The van der Waals surface area contributed by atoms with Crippen LogP contribution in [0.1, 0.15) is 26.3 Å². The molecule has 5 heteroatoms. The Morgan fingerprint density at radius 3 is 2.14 bits per heavy atom. The summed E-state index contributed by atoms with van der Waals surface area (Å²) in [5.41, 5.74) is 2.04. The molecule has 0 aromatic heterocycles. The first kappa shape index (κ1) is 15.5. The smallest absolute Gasteiger partial charge is 0.337 e. The Kier molecular flexibility index (Phi) is 5.32. The molecule has 0 aliphatic rings. The summed E-state index contributed by atoms with van der Waals surface area (Å²) < 4.78 is 5.72. The van der Waals surface area contributed by atoms with E-state index < -0.39 is 0 Å². The number of rotatable bonds is 4. The van der Waals surface area contributed by atoms with E-state index in [1.165, 1.54) is 7.11 Å². The van der Waals surface area contributed by atoms with Gasteiger partial charge in [0.25, 0.3) is 5.91 Å². The van der Waals surface area contributed by atoms with E-state index in [-0.39, 0.29) is 11.9 Å². The fourth-order valence-electron chi connectivity index (χ4n) is 1.76. The van der Waals surface area contributed by atoms with Crippen LogP contribution < -0.4 is 5.32 Å². The molecule has 0 aliphatic carbocycles. The number of carbonyl (C=O) groups excluding carboxylic acids is 2. The molecule has 108 valence electrons. The number of esters is 1. The van der Waals surface area contributed by atoms with Gasteiger partial charge in [-0.05, 0) is 64.6 Å². The van der Waals surface area contributed by atoms with Gasteiger partial charge >= 0.3 is 5.97 Å². The van der Waals surface area contributed by atoms with E-state index in [4.69, 9.17) is 0 Å². The normalized spacial score (nSPS) is 10.0. The van der Waals surface area contributed by atoms with Crippen LogP contribution in [0.3, 0.4) is 0 Å². The highest BCUT2D eigenvalue weighted by Crippen LogP contribution is 2.08. The summed E-state index contributed by atoms with van der Waals surface area (Å²) in [6.45, 7) is 0.409. The van der Waals surface area contributed by atoms with Crippen molar-refractivity contribution in [1.82, 2.24) is 5.32 Å². The Morgan fingerprint density at radius 1 is 1.00 bits per heavy atom. The minimum absolute atomic E-state index is 0.122. The molecule has 2 aromatic rings. The highest BCUT2D eigenvalue weighted by molar-refractivity contribution is 14.1. The third-order valence-electron chi connectivity index (χ3n) is 2.93. The first-order valence-corrected chi connectivity index (χ1v) is 7.39. The van der Waals surface area contributed by atoms with Crippen molar-refractivity contribution in [1.29, 1.82) is 0 Å². The Labute approximate surface area is 136 Å². The number of ether oxygens (including phenoxy) is 1. The lowest BCUT2D eigenvalue weighted by Gasteiger charge is -2.06. The Morgan fingerprint density at radius 2 is 1.57 bits per heavy atom. The van der Waals surface area contributed by atoms with Crippen LogP contribution in [0, 0.1) is 3.57 Å². The first-order valence-electron chi connectivity index (χ1n) is 6.31. The zero-order valence-electron chi connectivity index (χ0n) is 11.4. The highest BCUT2D eigenvalue weighted by atomic mass is 127. The molecule has 21 heavy (non-hydrogen) atoms. The van der Waals surface area contributed by atoms with Crippen molar-refractivity contribution in [3.8, 4) is 0 Å². The van der Waals surface area contributed by atoms with Gasteiger partial charge in [0.1, 0.15) is 0 Å². The third kappa shape index (κ3) is 4.29. The maximum Gasteiger partial charge on any atom is 0.337 e. The molecule has 0 radical (unpaired) electrons.